The Morgan fingerprint density at radius 1 is 1.18 bits per heavy atom. The summed E-state index contributed by atoms with van der Waals surface area (Å²) in [4.78, 5) is 0. The van der Waals surface area contributed by atoms with Gasteiger partial charge in [0.1, 0.15) is 18.4 Å². The molecular weight excluding hydrogens is 473 g/mol. The second kappa shape index (κ2) is 9.93. The minimum absolute atomic E-state index is 0.292. The van der Waals surface area contributed by atoms with Crippen molar-refractivity contribution in [3.8, 4) is 17.6 Å². The van der Waals surface area contributed by atoms with Gasteiger partial charge in [-0.15, -0.1) is 16.8 Å². The van der Waals surface area contributed by atoms with E-state index in [1.165, 1.54) is 5.17 Å². The van der Waals surface area contributed by atoms with E-state index in [0.717, 1.165) is 42.8 Å². The van der Waals surface area contributed by atoms with Crippen LogP contribution >= 0.6 is 23.2 Å². The quantitative estimate of drug-likeness (QED) is 0.360. The van der Waals surface area contributed by atoms with Crippen molar-refractivity contribution in [2.24, 2.45) is 11.3 Å². The Hall–Kier alpha value is -2.01. The van der Waals surface area contributed by atoms with Crippen molar-refractivity contribution in [3.05, 3.63) is 58.1 Å². The maximum Gasteiger partial charge on any atom is 0.155 e. The molecule has 1 N–H and O–H groups in total. The standard InChI is InChI=1S/C26H31Cl2N3O3/c1-25(2,21-10-19(14-29)24(23(28)11-21)33-9-8-27)20-4-6-22(7-5-20)34-15-18-12-26(13-18)16-31(17-26)30(3)32/h4-7,10-11,18,32H,8-9,12-13,15-17H2,1-3H3. The van der Waals surface area contributed by atoms with Crippen molar-refractivity contribution in [1.82, 2.24) is 10.2 Å². The lowest BCUT2D eigenvalue weighted by atomic mass is 9.58. The molecule has 8 heteroatoms. The third-order valence-corrected chi connectivity index (χ3v) is 7.59. The zero-order valence-electron chi connectivity index (χ0n) is 19.9. The molecule has 0 unspecified atom stereocenters. The molecule has 4 rings (SSSR count). The van der Waals surface area contributed by atoms with Gasteiger partial charge in [0.15, 0.2) is 5.75 Å². The number of hydrazine groups is 1. The van der Waals surface area contributed by atoms with Gasteiger partial charge in [0.05, 0.1) is 23.1 Å². The van der Waals surface area contributed by atoms with Crippen molar-refractivity contribution in [3.63, 3.8) is 0 Å². The van der Waals surface area contributed by atoms with Gasteiger partial charge in [-0.2, -0.15) is 5.26 Å². The molecule has 2 aromatic rings. The molecule has 0 bridgehead atoms. The summed E-state index contributed by atoms with van der Waals surface area (Å²) in [5.41, 5.74) is 2.43. The molecule has 0 amide bonds. The summed E-state index contributed by atoms with van der Waals surface area (Å²) in [7, 11) is 1.67. The molecule has 1 aliphatic carbocycles. The molecule has 0 atom stereocenters. The van der Waals surface area contributed by atoms with Crippen LogP contribution in [0.25, 0.3) is 0 Å². The third-order valence-electron chi connectivity index (χ3n) is 7.16. The largest absolute Gasteiger partial charge is 0.493 e. The van der Waals surface area contributed by atoms with Crippen LogP contribution in [0.3, 0.4) is 0 Å². The molecular formula is C26H31Cl2N3O3. The molecule has 34 heavy (non-hydrogen) atoms. The molecule has 0 aromatic heterocycles. The van der Waals surface area contributed by atoms with Crippen LogP contribution < -0.4 is 9.47 Å². The minimum Gasteiger partial charge on any atom is -0.493 e. The number of alkyl halides is 1. The highest BCUT2D eigenvalue weighted by molar-refractivity contribution is 6.32. The molecule has 2 fully saturated rings. The fraction of sp³-hybridized carbons (Fsp3) is 0.500. The average molecular weight is 504 g/mol. The molecule has 1 spiro atoms. The SMILES string of the molecule is CN(O)N1CC2(CC(COc3ccc(C(C)(C)c4cc(Cl)c(OCCCl)c(C#N)c4)cc3)C2)C1. The molecule has 1 saturated heterocycles. The number of ether oxygens (including phenoxy) is 2. The first-order chi connectivity index (χ1) is 16.2. The fourth-order valence-electron chi connectivity index (χ4n) is 5.15. The van der Waals surface area contributed by atoms with E-state index in [4.69, 9.17) is 32.7 Å². The van der Waals surface area contributed by atoms with E-state index < -0.39 is 0 Å². The predicted molar refractivity (Wildman–Crippen MR) is 133 cm³/mol. The number of nitrogens with zero attached hydrogens (tertiary/aromatic N) is 3. The number of hydrogen-bond acceptors (Lipinski definition) is 6. The van der Waals surface area contributed by atoms with Crippen molar-refractivity contribution in [2.75, 3.05) is 39.2 Å². The zero-order valence-corrected chi connectivity index (χ0v) is 21.4. The normalized spacial score (nSPS) is 17.8. The van der Waals surface area contributed by atoms with Gasteiger partial charge in [0.25, 0.3) is 0 Å². The van der Waals surface area contributed by atoms with Crippen LogP contribution in [0.4, 0.5) is 0 Å². The van der Waals surface area contributed by atoms with Crippen LogP contribution in [0.5, 0.6) is 11.5 Å². The Balaban J connectivity index is 1.37. The van der Waals surface area contributed by atoms with E-state index in [1.807, 2.05) is 29.3 Å². The first-order valence-electron chi connectivity index (χ1n) is 11.5. The summed E-state index contributed by atoms with van der Waals surface area (Å²) < 4.78 is 11.6. The first kappa shape index (κ1) is 25.1. The van der Waals surface area contributed by atoms with Crippen LogP contribution in [0.2, 0.25) is 5.02 Å². The predicted octanol–water partition coefficient (Wildman–Crippen LogP) is 5.48. The molecule has 2 aliphatic rings. The summed E-state index contributed by atoms with van der Waals surface area (Å²) in [6, 6.07) is 14.0. The maximum atomic E-state index is 9.60. The number of hydroxylamine groups is 1. The lowest BCUT2D eigenvalue weighted by Gasteiger charge is -2.59. The first-order valence-corrected chi connectivity index (χ1v) is 12.4. The van der Waals surface area contributed by atoms with Gasteiger partial charge in [-0.3, -0.25) is 5.21 Å². The minimum atomic E-state index is -0.366. The average Bonchev–Trinajstić information content (AvgIpc) is 2.75. The highest BCUT2D eigenvalue weighted by Crippen LogP contribution is 2.52. The molecule has 6 nitrogen and oxygen atoms in total. The fourth-order valence-corrected chi connectivity index (χ4v) is 5.50. The van der Waals surface area contributed by atoms with Crippen LogP contribution in [0.1, 0.15) is 43.4 Å². The second-order valence-corrected chi connectivity index (χ2v) is 10.8. The smallest absolute Gasteiger partial charge is 0.155 e. The summed E-state index contributed by atoms with van der Waals surface area (Å²) in [6.45, 7) is 7.07. The second-order valence-electron chi connectivity index (χ2n) is 10.0. The Kier molecular flexibility index (Phi) is 7.33. The number of benzene rings is 2. The Labute approximate surface area is 211 Å². The molecule has 1 aliphatic heterocycles. The van der Waals surface area contributed by atoms with Crippen molar-refractivity contribution < 1.29 is 14.7 Å². The molecule has 1 saturated carbocycles. The lowest BCUT2D eigenvalue weighted by Crippen LogP contribution is -2.66. The van der Waals surface area contributed by atoms with E-state index in [0.29, 0.717) is 46.8 Å². The van der Waals surface area contributed by atoms with E-state index in [9.17, 15) is 10.5 Å². The van der Waals surface area contributed by atoms with Crippen LogP contribution in [0, 0.1) is 22.7 Å². The third kappa shape index (κ3) is 5.00. The van der Waals surface area contributed by atoms with E-state index >= 15 is 0 Å². The van der Waals surface area contributed by atoms with Gasteiger partial charge in [-0.25, -0.2) is 5.01 Å². The van der Waals surface area contributed by atoms with Crippen LogP contribution in [0.15, 0.2) is 36.4 Å². The lowest BCUT2D eigenvalue weighted by molar-refractivity contribution is -0.302. The molecule has 2 aromatic carbocycles. The number of nitriles is 1. The van der Waals surface area contributed by atoms with Gasteiger partial charge in [-0.1, -0.05) is 37.6 Å². The van der Waals surface area contributed by atoms with Crippen LogP contribution in [-0.4, -0.2) is 54.6 Å². The van der Waals surface area contributed by atoms with Crippen molar-refractivity contribution >= 4 is 23.2 Å². The summed E-state index contributed by atoms with van der Waals surface area (Å²) in [5, 5.41) is 22.6. The van der Waals surface area contributed by atoms with Crippen molar-refractivity contribution in [2.45, 2.75) is 32.1 Å². The summed E-state index contributed by atoms with van der Waals surface area (Å²) >= 11 is 12.2. The highest BCUT2D eigenvalue weighted by Gasteiger charge is 2.53. The maximum absolute atomic E-state index is 9.60. The number of halogens is 2. The van der Waals surface area contributed by atoms with Gasteiger partial charge in [0, 0.05) is 25.6 Å². The van der Waals surface area contributed by atoms with Crippen molar-refractivity contribution in [1.29, 1.82) is 5.26 Å². The monoisotopic (exact) mass is 503 g/mol. The highest BCUT2D eigenvalue weighted by atomic mass is 35.5. The number of hydrogen-bond donors (Lipinski definition) is 1. The van der Waals surface area contributed by atoms with E-state index in [-0.39, 0.29) is 5.41 Å². The summed E-state index contributed by atoms with van der Waals surface area (Å²) in [6.07, 6.45) is 2.30. The van der Waals surface area contributed by atoms with Crippen LogP contribution in [-0.2, 0) is 5.41 Å². The number of rotatable bonds is 9. The Morgan fingerprint density at radius 2 is 1.85 bits per heavy atom. The Bertz CT molecular complexity index is 1050. The van der Waals surface area contributed by atoms with Gasteiger partial charge in [-0.05, 0) is 59.6 Å². The zero-order chi connectivity index (χ0) is 24.5. The van der Waals surface area contributed by atoms with Gasteiger partial charge in [0.2, 0.25) is 0 Å². The van der Waals surface area contributed by atoms with E-state index in [1.54, 1.807) is 7.05 Å². The van der Waals surface area contributed by atoms with E-state index in [2.05, 4.69) is 32.0 Å². The molecule has 1 heterocycles. The Morgan fingerprint density at radius 3 is 2.44 bits per heavy atom. The topological polar surface area (TPSA) is 69.0 Å². The van der Waals surface area contributed by atoms with Gasteiger partial charge >= 0.3 is 0 Å². The molecule has 182 valence electrons. The van der Waals surface area contributed by atoms with Gasteiger partial charge < -0.3 is 9.47 Å². The molecule has 0 radical (unpaired) electrons. The summed E-state index contributed by atoms with van der Waals surface area (Å²) in [5.74, 6) is 2.12.